The van der Waals surface area contributed by atoms with Gasteiger partial charge in [-0.2, -0.15) is 0 Å². The Hall–Kier alpha value is -2.09. The monoisotopic (exact) mass is 310 g/mol. The van der Waals surface area contributed by atoms with E-state index in [0.717, 1.165) is 30.4 Å². The lowest BCUT2D eigenvalue weighted by atomic mass is 9.94. The quantitative estimate of drug-likeness (QED) is 0.631. The van der Waals surface area contributed by atoms with Gasteiger partial charge in [0.15, 0.2) is 0 Å². The summed E-state index contributed by atoms with van der Waals surface area (Å²) in [5, 5.41) is 9.45. The number of hydrogen-bond donors (Lipinski definition) is 1. The van der Waals surface area contributed by atoms with Gasteiger partial charge in [0.25, 0.3) is 0 Å². The third-order valence-electron chi connectivity index (χ3n) is 4.19. The van der Waals surface area contributed by atoms with Crippen LogP contribution in [0.5, 0.6) is 0 Å². The van der Waals surface area contributed by atoms with Crippen LogP contribution in [0.2, 0.25) is 0 Å². The Morgan fingerprint density at radius 2 is 1.57 bits per heavy atom. The number of rotatable bonds is 8. The summed E-state index contributed by atoms with van der Waals surface area (Å²) in [4.78, 5) is 11.5. The first-order valence-electron chi connectivity index (χ1n) is 8.61. The lowest BCUT2D eigenvalue weighted by Gasteiger charge is -2.10. The summed E-state index contributed by atoms with van der Waals surface area (Å²) >= 11 is 0. The highest BCUT2D eigenvalue weighted by Crippen LogP contribution is 2.26. The molecule has 0 radical (unpaired) electrons. The van der Waals surface area contributed by atoms with Crippen LogP contribution in [0.1, 0.15) is 61.0 Å². The van der Waals surface area contributed by atoms with Crippen LogP contribution in [0.15, 0.2) is 42.5 Å². The van der Waals surface area contributed by atoms with E-state index in [0.29, 0.717) is 5.56 Å². The molecule has 0 aliphatic heterocycles. The maximum Gasteiger partial charge on any atom is 0.336 e. The molecule has 0 saturated heterocycles. The van der Waals surface area contributed by atoms with E-state index in [4.69, 9.17) is 0 Å². The molecule has 2 heteroatoms. The first-order chi connectivity index (χ1) is 11.2. The molecule has 0 unspecified atom stereocenters. The van der Waals surface area contributed by atoms with Gasteiger partial charge in [0, 0.05) is 0 Å². The van der Waals surface area contributed by atoms with Crippen molar-refractivity contribution >= 4 is 5.97 Å². The van der Waals surface area contributed by atoms with Crippen LogP contribution in [0.4, 0.5) is 0 Å². The van der Waals surface area contributed by atoms with Crippen molar-refractivity contribution < 1.29 is 9.90 Å². The maximum absolute atomic E-state index is 11.5. The molecular formula is C21H26O2. The van der Waals surface area contributed by atoms with E-state index in [9.17, 15) is 9.90 Å². The Morgan fingerprint density at radius 3 is 2.17 bits per heavy atom. The van der Waals surface area contributed by atoms with Gasteiger partial charge in [-0.3, -0.25) is 0 Å². The van der Waals surface area contributed by atoms with Crippen molar-refractivity contribution in [1.29, 1.82) is 0 Å². The summed E-state index contributed by atoms with van der Waals surface area (Å²) in [6.45, 7) is 4.34. The molecule has 1 N–H and O–H groups in total. The first-order valence-corrected chi connectivity index (χ1v) is 8.61. The fourth-order valence-electron chi connectivity index (χ4n) is 2.89. The van der Waals surface area contributed by atoms with E-state index in [2.05, 4.69) is 38.1 Å². The topological polar surface area (TPSA) is 37.3 Å². The van der Waals surface area contributed by atoms with Crippen molar-refractivity contribution in [1.82, 2.24) is 0 Å². The number of benzene rings is 2. The molecule has 0 heterocycles. The summed E-state index contributed by atoms with van der Waals surface area (Å²) in [6, 6.07) is 14.1. The molecule has 23 heavy (non-hydrogen) atoms. The number of aryl methyl sites for hydroxylation is 2. The van der Waals surface area contributed by atoms with E-state index in [1.54, 1.807) is 6.07 Å². The van der Waals surface area contributed by atoms with Gasteiger partial charge >= 0.3 is 5.97 Å². The normalized spacial score (nSPS) is 10.7. The van der Waals surface area contributed by atoms with Crippen molar-refractivity contribution in [2.24, 2.45) is 0 Å². The third kappa shape index (κ3) is 4.69. The molecule has 0 atom stereocenters. The van der Waals surface area contributed by atoms with Crippen molar-refractivity contribution in [3.8, 4) is 11.1 Å². The molecule has 0 bridgehead atoms. The van der Waals surface area contributed by atoms with Gasteiger partial charge in [-0.05, 0) is 47.6 Å². The number of carboxylic acid groups (broad SMARTS) is 1. The second kappa shape index (κ2) is 8.52. The number of unbranched alkanes of at least 4 members (excludes halogenated alkanes) is 2. The van der Waals surface area contributed by atoms with Gasteiger partial charge in [0.1, 0.15) is 0 Å². The smallest absolute Gasteiger partial charge is 0.336 e. The van der Waals surface area contributed by atoms with Gasteiger partial charge in [-0.1, -0.05) is 69.5 Å². The van der Waals surface area contributed by atoms with E-state index < -0.39 is 5.97 Å². The summed E-state index contributed by atoms with van der Waals surface area (Å²) in [7, 11) is 0. The van der Waals surface area contributed by atoms with E-state index in [1.807, 2.05) is 12.1 Å². The second-order valence-corrected chi connectivity index (χ2v) is 6.09. The maximum atomic E-state index is 11.5. The first kappa shape index (κ1) is 17.3. The molecule has 0 aliphatic rings. The van der Waals surface area contributed by atoms with E-state index in [-0.39, 0.29) is 0 Å². The zero-order valence-electron chi connectivity index (χ0n) is 14.1. The Labute approximate surface area is 139 Å². The van der Waals surface area contributed by atoms with Gasteiger partial charge in [-0.15, -0.1) is 0 Å². The van der Waals surface area contributed by atoms with Crippen LogP contribution < -0.4 is 0 Å². The molecule has 122 valence electrons. The Bertz CT molecular complexity index is 641. The second-order valence-electron chi connectivity index (χ2n) is 6.09. The highest BCUT2D eigenvalue weighted by atomic mass is 16.4. The molecule has 0 spiro atoms. The van der Waals surface area contributed by atoms with Crippen LogP contribution >= 0.6 is 0 Å². The minimum Gasteiger partial charge on any atom is -0.478 e. The molecule has 2 aromatic carbocycles. The lowest BCUT2D eigenvalue weighted by Crippen LogP contribution is -2.01. The van der Waals surface area contributed by atoms with Gasteiger partial charge < -0.3 is 5.11 Å². The number of aromatic carboxylic acids is 1. The van der Waals surface area contributed by atoms with Crippen LogP contribution in [0.25, 0.3) is 11.1 Å². The molecule has 0 amide bonds. The molecule has 0 fully saturated rings. The van der Waals surface area contributed by atoms with Crippen molar-refractivity contribution in [2.75, 3.05) is 0 Å². The fraction of sp³-hybridized carbons (Fsp3) is 0.381. The number of carbonyl (C=O) groups is 1. The zero-order valence-corrected chi connectivity index (χ0v) is 14.1. The molecule has 0 aliphatic carbocycles. The standard InChI is InChI=1S/C21H26O2/c1-3-5-6-8-16-9-12-18(13-10-16)20-15-17(7-4-2)11-14-19(20)21(22)23/h9-15H,3-8H2,1-2H3,(H,22,23). The highest BCUT2D eigenvalue weighted by molar-refractivity contribution is 5.96. The minimum atomic E-state index is -0.866. The fourth-order valence-corrected chi connectivity index (χ4v) is 2.89. The van der Waals surface area contributed by atoms with Crippen LogP contribution in [-0.4, -0.2) is 11.1 Å². The van der Waals surface area contributed by atoms with Gasteiger partial charge in [0.2, 0.25) is 0 Å². The highest BCUT2D eigenvalue weighted by Gasteiger charge is 2.12. The number of hydrogen-bond acceptors (Lipinski definition) is 1. The summed E-state index contributed by atoms with van der Waals surface area (Å²) < 4.78 is 0. The van der Waals surface area contributed by atoms with Gasteiger partial charge in [0.05, 0.1) is 5.56 Å². The summed E-state index contributed by atoms with van der Waals surface area (Å²) in [5.41, 5.74) is 4.70. The van der Waals surface area contributed by atoms with E-state index in [1.165, 1.54) is 30.4 Å². The van der Waals surface area contributed by atoms with E-state index >= 15 is 0 Å². The number of carboxylic acids is 1. The summed E-state index contributed by atoms with van der Waals surface area (Å²) in [5.74, 6) is -0.866. The molecule has 2 aromatic rings. The minimum absolute atomic E-state index is 0.378. The Morgan fingerprint density at radius 1 is 0.870 bits per heavy atom. The van der Waals surface area contributed by atoms with Crippen LogP contribution in [0.3, 0.4) is 0 Å². The van der Waals surface area contributed by atoms with Gasteiger partial charge in [-0.25, -0.2) is 4.79 Å². The predicted molar refractivity (Wildman–Crippen MR) is 96.1 cm³/mol. The van der Waals surface area contributed by atoms with Crippen molar-refractivity contribution in [3.63, 3.8) is 0 Å². The Kier molecular flexibility index (Phi) is 6.40. The predicted octanol–water partition coefficient (Wildman–Crippen LogP) is 5.74. The van der Waals surface area contributed by atoms with Crippen molar-refractivity contribution in [2.45, 2.75) is 52.4 Å². The molecule has 2 nitrogen and oxygen atoms in total. The molecule has 2 rings (SSSR count). The third-order valence-corrected chi connectivity index (χ3v) is 4.19. The zero-order chi connectivity index (χ0) is 16.7. The van der Waals surface area contributed by atoms with Crippen molar-refractivity contribution in [3.05, 3.63) is 59.2 Å². The van der Waals surface area contributed by atoms with Crippen LogP contribution in [0, 0.1) is 0 Å². The SMILES string of the molecule is CCCCCc1ccc(-c2cc(CCC)ccc2C(=O)O)cc1. The molecule has 0 saturated carbocycles. The Balaban J connectivity index is 2.28. The average Bonchev–Trinajstić information content (AvgIpc) is 2.56. The van der Waals surface area contributed by atoms with Crippen LogP contribution in [-0.2, 0) is 12.8 Å². The average molecular weight is 310 g/mol. The largest absolute Gasteiger partial charge is 0.478 e. The summed E-state index contributed by atoms with van der Waals surface area (Å²) in [6.07, 6.45) is 6.82. The molecule has 0 aromatic heterocycles. The lowest BCUT2D eigenvalue weighted by molar-refractivity contribution is 0.0697. The molecular weight excluding hydrogens is 284 g/mol.